The second-order valence-electron chi connectivity index (χ2n) is 14.9. The average Bonchev–Trinajstić information content (AvgIpc) is 3.16. The Labute approximate surface area is 322 Å². The van der Waals surface area contributed by atoms with E-state index in [9.17, 15) is 9.59 Å². The van der Waals surface area contributed by atoms with Crippen molar-refractivity contribution in [3.63, 3.8) is 0 Å². The Morgan fingerprint density at radius 1 is 0.327 bits per heavy atom. The van der Waals surface area contributed by atoms with E-state index in [1.807, 2.05) is 12.1 Å². The smallest absolute Gasteiger partial charge is 0.303 e. The molecule has 0 fully saturated rings. The summed E-state index contributed by atoms with van der Waals surface area (Å²) in [4.78, 5) is 20.7. The van der Waals surface area contributed by atoms with E-state index in [2.05, 4.69) is 62.4 Å². The first-order valence-electron chi connectivity index (χ1n) is 22.0. The molecule has 0 aliphatic rings. The topological polar surface area (TPSA) is 74.6 Å². The highest BCUT2D eigenvalue weighted by atomic mass is 16.4. The molecule has 0 atom stereocenters. The number of rotatable bonds is 33. The van der Waals surface area contributed by atoms with Gasteiger partial charge in [-0.15, -0.1) is 0 Å². The second kappa shape index (κ2) is 41.1. The fourth-order valence-corrected chi connectivity index (χ4v) is 6.56. The van der Waals surface area contributed by atoms with Gasteiger partial charge >= 0.3 is 11.9 Å². The Hall–Kier alpha value is -2.62. The summed E-state index contributed by atoms with van der Waals surface area (Å²) in [5.74, 6) is -1.31. The van der Waals surface area contributed by atoms with Crippen LogP contribution in [0.25, 0.3) is 11.1 Å². The molecule has 0 amide bonds. The number of carboxylic acid groups (broad SMARTS) is 2. The van der Waals surface area contributed by atoms with Gasteiger partial charge in [-0.2, -0.15) is 0 Å². The van der Waals surface area contributed by atoms with Crippen LogP contribution in [0.4, 0.5) is 0 Å². The Bertz CT molecular complexity index is 908. The maximum absolute atomic E-state index is 10.3. The molecular formula is C48H82O4. The fraction of sp³-hybridized carbons (Fsp3) is 0.708. The lowest BCUT2D eigenvalue weighted by atomic mass is 10.0. The first kappa shape index (κ1) is 49.4. The normalized spacial score (nSPS) is 10.6. The molecule has 2 aromatic rings. The van der Waals surface area contributed by atoms with Crippen LogP contribution >= 0.6 is 0 Å². The molecule has 2 aromatic carbocycles. The lowest BCUT2D eigenvalue weighted by molar-refractivity contribution is -0.138. The van der Waals surface area contributed by atoms with Gasteiger partial charge in [-0.25, -0.2) is 0 Å². The molecule has 0 bridgehead atoms. The van der Waals surface area contributed by atoms with Crippen molar-refractivity contribution in [1.82, 2.24) is 0 Å². The van der Waals surface area contributed by atoms with E-state index in [-0.39, 0.29) is 0 Å². The van der Waals surface area contributed by atoms with Crippen LogP contribution in [0, 0.1) is 0 Å². The summed E-state index contributed by atoms with van der Waals surface area (Å²) in [6, 6.07) is 20.8. The Morgan fingerprint density at radius 3 is 0.712 bits per heavy atom. The van der Waals surface area contributed by atoms with Crippen LogP contribution < -0.4 is 0 Å². The molecule has 2 rings (SSSR count). The van der Waals surface area contributed by atoms with Gasteiger partial charge < -0.3 is 10.2 Å². The molecule has 2 N–H and O–H groups in total. The molecule has 0 heterocycles. The fourth-order valence-electron chi connectivity index (χ4n) is 6.56. The van der Waals surface area contributed by atoms with E-state index < -0.39 is 11.9 Å². The summed E-state index contributed by atoms with van der Waals surface area (Å²) >= 11 is 0. The zero-order valence-electron chi connectivity index (χ0n) is 34.1. The highest BCUT2D eigenvalue weighted by Crippen LogP contribution is 2.18. The second-order valence-corrected chi connectivity index (χ2v) is 14.9. The first-order valence-corrected chi connectivity index (χ1v) is 22.0. The van der Waals surface area contributed by atoms with Crippen LogP contribution in [0.3, 0.4) is 0 Å². The molecule has 4 nitrogen and oxygen atoms in total. The summed E-state index contributed by atoms with van der Waals surface area (Å²) in [5, 5.41) is 17.0. The number of benzene rings is 2. The minimum absolute atomic E-state index is 0.345. The van der Waals surface area contributed by atoms with Crippen molar-refractivity contribution in [3.8, 4) is 11.1 Å². The van der Waals surface area contributed by atoms with Crippen molar-refractivity contribution in [2.45, 2.75) is 219 Å². The van der Waals surface area contributed by atoms with Crippen molar-refractivity contribution in [2.75, 3.05) is 0 Å². The maximum Gasteiger partial charge on any atom is 0.303 e. The average molecular weight is 723 g/mol. The molecule has 0 spiro atoms. The van der Waals surface area contributed by atoms with Crippen molar-refractivity contribution < 1.29 is 19.8 Å². The zero-order chi connectivity index (χ0) is 38.0. The van der Waals surface area contributed by atoms with Gasteiger partial charge in [0.1, 0.15) is 0 Å². The Morgan fingerprint density at radius 2 is 0.519 bits per heavy atom. The van der Waals surface area contributed by atoms with E-state index in [0.29, 0.717) is 12.8 Å². The van der Waals surface area contributed by atoms with Crippen molar-refractivity contribution in [3.05, 3.63) is 60.7 Å². The molecule has 0 aromatic heterocycles. The van der Waals surface area contributed by atoms with E-state index in [4.69, 9.17) is 10.2 Å². The summed E-state index contributed by atoms with van der Waals surface area (Å²) in [6.45, 7) is 4.54. The number of hydrogen-bond acceptors (Lipinski definition) is 2. The molecule has 4 heteroatoms. The van der Waals surface area contributed by atoms with Gasteiger partial charge in [0.25, 0.3) is 0 Å². The molecule has 0 radical (unpaired) electrons. The molecule has 0 aliphatic heterocycles. The Balaban J connectivity index is 0.000000771. The minimum Gasteiger partial charge on any atom is -0.481 e. The quantitative estimate of drug-likeness (QED) is 0.0719. The summed E-state index contributed by atoms with van der Waals surface area (Å²) in [6.07, 6.45) is 40.4. The third-order valence-corrected chi connectivity index (χ3v) is 9.87. The zero-order valence-corrected chi connectivity index (χ0v) is 34.1. The number of hydrogen-bond donors (Lipinski definition) is 2. The standard InChI is InChI=1S/2C18H36O2.C12H10/c2*1-2-3-4-5-6-7-8-9-10-11-12-13-14-15-16-17-18(19)20;1-3-7-11(8-4-1)12-9-5-2-6-10-12/h2*2-17H2,1H3,(H,19,20);1-10H. The molecule has 0 saturated heterocycles. The van der Waals surface area contributed by atoms with Gasteiger partial charge in [0.15, 0.2) is 0 Å². The lowest BCUT2D eigenvalue weighted by Crippen LogP contribution is -1.93. The maximum atomic E-state index is 10.3. The number of unbranched alkanes of at least 4 members (excludes halogenated alkanes) is 28. The number of carbonyl (C=O) groups is 2. The first-order chi connectivity index (χ1) is 25.5. The predicted molar refractivity (Wildman–Crippen MR) is 226 cm³/mol. The lowest BCUT2D eigenvalue weighted by Gasteiger charge is -2.03. The molecule has 52 heavy (non-hydrogen) atoms. The van der Waals surface area contributed by atoms with E-state index in [1.165, 1.54) is 178 Å². The van der Waals surface area contributed by atoms with Gasteiger partial charge in [0.2, 0.25) is 0 Å². The van der Waals surface area contributed by atoms with Crippen LogP contribution in [-0.2, 0) is 9.59 Å². The third kappa shape index (κ3) is 38.6. The predicted octanol–water partition coefficient (Wildman–Crippen LogP) is 16.0. The summed E-state index contributed by atoms with van der Waals surface area (Å²) in [7, 11) is 0. The highest BCUT2D eigenvalue weighted by Gasteiger charge is 1.99. The van der Waals surface area contributed by atoms with Gasteiger partial charge in [0, 0.05) is 12.8 Å². The number of carboxylic acids is 2. The van der Waals surface area contributed by atoms with Crippen LogP contribution in [0.5, 0.6) is 0 Å². The van der Waals surface area contributed by atoms with Crippen molar-refractivity contribution >= 4 is 11.9 Å². The number of aliphatic carboxylic acids is 2. The SMILES string of the molecule is CCCCCCCCCCCCCCCCCC(=O)O.CCCCCCCCCCCCCCCCCC(=O)O.c1ccc(-c2ccccc2)cc1. The van der Waals surface area contributed by atoms with Crippen LogP contribution in [0.1, 0.15) is 219 Å². The van der Waals surface area contributed by atoms with E-state index in [1.54, 1.807) is 0 Å². The van der Waals surface area contributed by atoms with Crippen LogP contribution in [-0.4, -0.2) is 22.2 Å². The Kier molecular flexibility index (Phi) is 39.1. The van der Waals surface area contributed by atoms with E-state index >= 15 is 0 Å². The van der Waals surface area contributed by atoms with Gasteiger partial charge in [0.05, 0.1) is 0 Å². The monoisotopic (exact) mass is 723 g/mol. The van der Waals surface area contributed by atoms with Crippen LogP contribution in [0.2, 0.25) is 0 Å². The highest BCUT2D eigenvalue weighted by molar-refractivity contribution is 5.66. The van der Waals surface area contributed by atoms with Gasteiger partial charge in [-0.3, -0.25) is 9.59 Å². The molecule has 0 unspecified atom stereocenters. The summed E-state index contributed by atoms with van der Waals surface area (Å²) in [5.41, 5.74) is 2.55. The molecule has 0 saturated carbocycles. The minimum atomic E-state index is -0.653. The largest absolute Gasteiger partial charge is 0.481 e. The summed E-state index contributed by atoms with van der Waals surface area (Å²) < 4.78 is 0. The molecule has 298 valence electrons. The van der Waals surface area contributed by atoms with Crippen LogP contribution in [0.15, 0.2) is 60.7 Å². The van der Waals surface area contributed by atoms with E-state index in [0.717, 1.165) is 25.7 Å². The van der Waals surface area contributed by atoms with Crippen molar-refractivity contribution in [2.24, 2.45) is 0 Å². The molecular weight excluding hydrogens is 641 g/mol. The van der Waals surface area contributed by atoms with Crippen molar-refractivity contribution in [1.29, 1.82) is 0 Å². The van der Waals surface area contributed by atoms with Gasteiger partial charge in [-0.1, -0.05) is 254 Å². The molecule has 0 aliphatic carbocycles. The third-order valence-electron chi connectivity index (χ3n) is 9.87. The van der Waals surface area contributed by atoms with Gasteiger partial charge in [-0.05, 0) is 24.0 Å².